The van der Waals surface area contributed by atoms with Gasteiger partial charge in [-0.3, -0.25) is 19.8 Å². The van der Waals surface area contributed by atoms with Crippen molar-refractivity contribution in [3.05, 3.63) is 82.6 Å². The first-order valence-electron chi connectivity index (χ1n) is 9.55. The van der Waals surface area contributed by atoms with Crippen LogP contribution in [0.3, 0.4) is 0 Å². The van der Waals surface area contributed by atoms with Crippen LogP contribution in [0.5, 0.6) is 0 Å². The van der Waals surface area contributed by atoms with Gasteiger partial charge in [0.05, 0.1) is 5.69 Å². The largest absolute Gasteiger partial charge is 0.303 e. The van der Waals surface area contributed by atoms with E-state index in [2.05, 4.69) is 10.3 Å². The number of nitrogens with zero attached hydrogens (tertiary/aromatic N) is 3. The molecule has 1 aromatic carbocycles. The summed E-state index contributed by atoms with van der Waals surface area (Å²) in [6, 6.07) is 11.1. The quantitative estimate of drug-likeness (QED) is 0.387. The maximum Gasteiger partial charge on any atom is 0.270 e. The molecule has 1 fully saturated rings. The molecule has 0 spiro atoms. The van der Waals surface area contributed by atoms with E-state index < -0.39 is 17.6 Å². The molecular weight excluding hydrogens is 415 g/mol. The lowest BCUT2D eigenvalue weighted by atomic mass is 10.1. The number of aromatic nitrogens is 2. The Morgan fingerprint density at radius 2 is 1.77 bits per heavy atom. The van der Waals surface area contributed by atoms with Crippen LogP contribution in [0.4, 0.5) is 10.1 Å². The summed E-state index contributed by atoms with van der Waals surface area (Å²) in [6.07, 6.45) is 3.28. The Morgan fingerprint density at radius 3 is 2.45 bits per heavy atom. The predicted molar refractivity (Wildman–Crippen MR) is 120 cm³/mol. The third-order valence-corrected chi connectivity index (χ3v) is 5.37. The van der Waals surface area contributed by atoms with E-state index in [0.29, 0.717) is 11.3 Å². The molecule has 1 aliphatic rings. The van der Waals surface area contributed by atoms with Gasteiger partial charge in [-0.05, 0) is 92.7 Å². The van der Waals surface area contributed by atoms with Crippen LogP contribution in [-0.4, -0.2) is 26.5 Å². The number of thiocarbonyl (C=S) groups is 1. The van der Waals surface area contributed by atoms with Crippen LogP contribution in [-0.2, 0) is 9.59 Å². The Balaban J connectivity index is 1.76. The van der Waals surface area contributed by atoms with E-state index in [1.54, 1.807) is 12.3 Å². The van der Waals surface area contributed by atoms with Gasteiger partial charge in [-0.2, -0.15) is 0 Å². The highest BCUT2D eigenvalue weighted by Gasteiger charge is 2.34. The molecule has 31 heavy (non-hydrogen) atoms. The summed E-state index contributed by atoms with van der Waals surface area (Å²) in [5, 5.41) is 2.49. The first-order chi connectivity index (χ1) is 14.8. The Morgan fingerprint density at radius 1 is 1.06 bits per heavy atom. The van der Waals surface area contributed by atoms with Gasteiger partial charge in [0.25, 0.3) is 11.8 Å². The molecule has 0 aliphatic carbocycles. The lowest BCUT2D eigenvalue weighted by Crippen LogP contribution is -2.54. The standard InChI is InChI=1S/C23H19FN4O2S/c1-13-8-9-25-20(10-13)27-14(2)11-16(15(27)3)12-19-21(29)26-23(31)28(22(19)30)18-6-4-17(24)5-7-18/h4-12H,1-3H3,(H,26,29,31). The van der Waals surface area contributed by atoms with Crippen molar-refractivity contribution >= 4 is 40.9 Å². The van der Waals surface area contributed by atoms with E-state index in [9.17, 15) is 14.0 Å². The maximum atomic E-state index is 13.3. The van der Waals surface area contributed by atoms with Crippen molar-refractivity contribution in [2.75, 3.05) is 4.90 Å². The monoisotopic (exact) mass is 434 g/mol. The number of carbonyl (C=O) groups excluding carboxylic acids is 2. The summed E-state index contributed by atoms with van der Waals surface area (Å²) in [5.41, 5.74) is 3.85. The van der Waals surface area contributed by atoms with Crippen molar-refractivity contribution in [1.82, 2.24) is 14.9 Å². The maximum absolute atomic E-state index is 13.3. The third kappa shape index (κ3) is 3.77. The molecule has 6 nitrogen and oxygen atoms in total. The van der Waals surface area contributed by atoms with Gasteiger partial charge >= 0.3 is 0 Å². The lowest BCUT2D eigenvalue weighted by molar-refractivity contribution is -0.122. The predicted octanol–water partition coefficient (Wildman–Crippen LogP) is 3.77. The minimum atomic E-state index is -0.577. The topological polar surface area (TPSA) is 67.2 Å². The van der Waals surface area contributed by atoms with Gasteiger partial charge in [-0.25, -0.2) is 9.37 Å². The highest BCUT2D eigenvalue weighted by molar-refractivity contribution is 7.80. The number of hydrogen-bond donors (Lipinski definition) is 1. The zero-order chi connectivity index (χ0) is 22.3. The summed E-state index contributed by atoms with van der Waals surface area (Å²) in [5.74, 6) is -0.824. The van der Waals surface area contributed by atoms with Crippen molar-refractivity contribution in [1.29, 1.82) is 0 Å². The fourth-order valence-electron chi connectivity index (χ4n) is 3.57. The van der Waals surface area contributed by atoms with Crippen molar-refractivity contribution < 1.29 is 14.0 Å². The summed E-state index contributed by atoms with van der Waals surface area (Å²) in [7, 11) is 0. The number of carbonyl (C=O) groups is 2. The molecule has 0 unspecified atom stereocenters. The molecule has 3 heterocycles. The van der Waals surface area contributed by atoms with Crippen molar-refractivity contribution in [2.24, 2.45) is 0 Å². The molecule has 156 valence electrons. The van der Waals surface area contributed by atoms with Crippen LogP contribution >= 0.6 is 12.2 Å². The summed E-state index contributed by atoms with van der Waals surface area (Å²) < 4.78 is 15.3. The number of amides is 2. The minimum Gasteiger partial charge on any atom is -0.303 e. The molecule has 0 atom stereocenters. The smallest absolute Gasteiger partial charge is 0.270 e. The zero-order valence-corrected chi connectivity index (χ0v) is 18.0. The average Bonchev–Trinajstić information content (AvgIpc) is 2.99. The van der Waals surface area contributed by atoms with E-state index in [1.165, 1.54) is 29.2 Å². The molecule has 1 saturated heterocycles. The van der Waals surface area contributed by atoms with Crippen molar-refractivity contribution in [3.63, 3.8) is 0 Å². The molecule has 2 aromatic heterocycles. The molecule has 0 saturated carbocycles. The average molecular weight is 434 g/mol. The molecular formula is C23H19FN4O2S. The van der Waals surface area contributed by atoms with E-state index in [1.807, 2.05) is 43.5 Å². The second-order valence-electron chi connectivity index (χ2n) is 7.29. The number of pyridine rings is 1. The third-order valence-electron chi connectivity index (χ3n) is 5.09. The fourth-order valence-corrected chi connectivity index (χ4v) is 3.85. The first-order valence-corrected chi connectivity index (χ1v) is 9.96. The molecule has 2 amide bonds. The van der Waals surface area contributed by atoms with Crippen molar-refractivity contribution in [2.45, 2.75) is 20.8 Å². The van der Waals surface area contributed by atoms with Gasteiger partial charge in [0.2, 0.25) is 0 Å². The SMILES string of the molecule is Cc1ccnc(-n2c(C)cc(C=C3C(=O)NC(=S)N(c4ccc(F)cc4)C3=O)c2C)c1. The lowest BCUT2D eigenvalue weighted by Gasteiger charge is -2.28. The number of hydrogen-bond acceptors (Lipinski definition) is 4. The Labute approximate surface area is 184 Å². The van der Waals surface area contributed by atoms with E-state index in [0.717, 1.165) is 22.8 Å². The van der Waals surface area contributed by atoms with Crippen molar-refractivity contribution in [3.8, 4) is 5.82 Å². The highest BCUT2D eigenvalue weighted by atomic mass is 32.1. The van der Waals surface area contributed by atoms with Gasteiger partial charge in [-0.1, -0.05) is 0 Å². The van der Waals surface area contributed by atoms with Crippen LogP contribution in [0, 0.1) is 26.6 Å². The van der Waals surface area contributed by atoms with E-state index in [-0.39, 0.29) is 10.7 Å². The molecule has 3 aromatic rings. The fraction of sp³-hybridized carbons (Fsp3) is 0.130. The normalized spacial score (nSPS) is 15.5. The van der Waals surface area contributed by atoms with Crippen LogP contribution in [0.2, 0.25) is 0 Å². The van der Waals surface area contributed by atoms with E-state index in [4.69, 9.17) is 12.2 Å². The highest BCUT2D eigenvalue weighted by Crippen LogP contribution is 2.26. The zero-order valence-electron chi connectivity index (χ0n) is 17.1. The van der Waals surface area contributed by atoms with Gasteiger partial charge in [0.1, 0.15) is 17.2 Å². The van der Waals surface area contributed by atoms with Gasteiger partial charge in [-0.15, -0.1) is 0 Å². The summed E-state index contributed by atoms with van der Waals surface area (Å²) in [4.78, 5) is 31.3. The number of rotatable bonds is 3. The Bertz CT molecular complexity index is 1260. The van der Waals surface area contributed by atoms with Crippen LogP contribution in [0.25, 0.3) is 11.9 Å². The first kappa shape index (κ1) is 20.6. The Kier molecular flexibility index (Phi) is 5.24. The van der Waals surface area contributed by atoms with Crippen LogP contribution < -0.4 is 10.2 Å². The molecule has 1 N–H and O–H groups in total. The van der Waals surface area contributed by atoms with E-state index >= 15 is 0 Å². The van der Waals surface area contributed by atoms with Gasteiger partial charge < -0.3 is 4.57 Å². The molecule has 0 radical (unpaired) electrons. The van der Waals surface area contributed by atoms with Gasteiger partial charge in [0.15, 0.2) is 5.11 Å². The number of anilines is 1. The second kappa shape index (κ2) is 7.88. The molecule has 8 heteroatoms. The summed E-state index contributed by atoms with van der Waals surface area (Å²) in [6.45, 7) is 5.82. The number of benzene rings is 1. The van der Waals surface area contributed by atoms with Gasteiger partial charge in [0, 0.05) is 17.6 Å². The Hall–Kier alpha value is -3.65. The number of halogens is 1. The summed E-state index contributed by atoms with van der Waals surface area (Å²) >= 11 is 5.18. The minimum absolute atomic E-state index is 0.0480. The second-order valence-corrected chi connectivity index (χ2v) is 7.67. The molecule has 4 rings (SSSR count). The molecule has 1 aliphatic heterocycles. The van der Waals surface area contributed by atoms with Crippen LogP contribution in [0.1, 0.15) is 22.5 Å². The number of nitrogens with one attached hydrogen (secondary N) is 1. The molecule has 0 bridgehead atoms. The number of aryl methyl sites for hydroxylation is 2. The van der Waals surface area contributed by atoms with Crippen LogP contribution in [0.15, 0.2) is 54.2 Å².